The van der Waals surface area contributed by atoms with Crippen LogP contribution >= 0.6 is 0 Å². The van der Waals surface area contributed by atoms with Gasteiger partial charge in [-0.05, 0) is 48.2 Å². The molecule has 0 bridgehead atoms. The number of rotatable bonds is 5. The van der Waals surface area contributed by atoms with Gasteiger partial charge in [0.15, 0.2) is 5.82 Å². The summed E-state index contributed by atoms with van der Waals surface area (Å²) in [5.41, 5.74) is 2.70. The Morgan fingerprint density at radius 1 is 0.674 bits per heavy atom. The van der Waals surface area contributed by atoms with E-state index in [1.165, 1.54) is 16.9 Å². The minimum absolute atomic E-state index is 0.0640. The van der Waals surface area contributed by atoms with E-state index in [0.717, 1.165) is 23.2 Å². The molecule has 0 saturated heterocycles. The number of nitrogens with zero attached hydrogens (tertiary/aromatic N) is 8. The molecular weight excluding hydrogens is 560 g/mol. The highest BCUT2D eigenvalue weighted by molar-refractivity contribution is 5.74. The van der Waals surface area contributed by atoms with Gasteiger partial charge in [0.25, 0.3) is 6.43 Å². The summed E-state index contributed by atoms with van der Waals surface area (Å²) in [6.07, 6.45) is 0.0919. The van der Waals surface area contributed by atoms with E-state index >= 15 is 0 Å². The summed E-state index contributed by atoms with van der Waals surface area (Å²) >= 11 is 0. The molecule has 0 aliphatic carbocycles. The topological polar surface area (TPSA) is 87.2 Å². The number of hydrogen-bond acceptors (Lipinski definition) is 6. The fourth-order valence-corrected chi connectivity index (χ4v) is 3.79. The summed E-state index contributed by atoms with van der Waals surface area (Å²) in [6.45, 7) is 0.936. The zero-order chi connectivity index (χ0) is 30.0. The second-order valence-corrected chi connectivity index (χ2v) is 8.90. The number of aromatic nitrogens is 8. The zero-order valence-electron chi connectivity index (χ0n) is 22.5. The van der Waals surface area contributed by atoms with E-state index in [2.05, 4.69) is 54.0 Å². The third-order valence-electron chi connectivity index (χ3n) is 5.74. The van der Waals surface area contributed by atoms with E-state index in [-0.39, 0.29) is 16.7 Å². The van der Waals surface area contributed by atoms with Crippen LogP contribution in [0.2, 0.25) is 0 Å². The Hall–Kier alpha value is -5.62. The normalized spacial score (nSPS) is 10.5. The highest BCUT2D eigenvalue weighted by atomic mass is 19.3. The van der Waals surface area contributed by atoms with Gasteiger partial charge >= 0.3 is 0 Å². The van der Waals surface area contributed by atoms with Crippen LogP contribution in [0.3, 0.4) is 0 Å². The van der Waals surface area contributed by atoms with Crippen LogP contribution in [0.15, 0.2) is 79.0 Å². The summed E-state index contributed by atoms with van der Waals surface area (Å²) in [5.74, 6) is 10.2. The molecule has 6 aromatic rings. The van der Waals surface area contributed by atoms with Crippen LogP contribution < -0.4 is 0 Å². The first kappa shape index (κ1) is 28.9. The van der Waals surface area contributed by atoms with Gasteiger partial charge in [-0.15, -0.1) is 0 Å². The predicted molar refractivity (Wildman–Crippen MR) is 151 cm³/mol. The van der Waals surface area contributed by atoms with Crippen molar-refractivity contribution in [3.63, 3.8) is 0 Å². The van der Waals surface area contributed by atoms with Crippen molar-refractivity contribution >= 4 is 22.1 Å². The van der Waals surface area contributed by atoms with Gasteiger partial charge in [0, 0.05) is 31.2 Å². The van der Waals surface area contributed by atoms with Crippen LogP contribution in [-0.2, 0) is 13.1 Å². The molecule has 0 fully saturated rings. The number of aryl methyl sites for hydroxylation is 2. The van der Waals surface area contributed by atoms with Gasteiger partial charge in [-0.1, -0.05) is 36.1 Å². The molecule has 0 spiro atoms. The first-order valence-electron chi connectivity index (χ1n) is 13.1. The highest BCUT2D eigenvalue weighted by Crippen LogP contribution is 2.16. The third kappa shape index (κ3) is 7.99. The number of benzene rings is 2. The first-order valence-corrected chi connectivity index (χ1v) is 13.1. The molecule has 0 aliphatic heterocycles. The zero-order valence-corrected chi connectivity index (χ0v) is 22.5. The third-order valence-corrected chi connectivity index (χ3v) is 5.74. The van der Waals surface area contributed by atoms with Crippen LogP contribution in [0, 0.1) is 35.3 Å². The molecule has 8 nitrogen and oxygen atoms in total. The Balaban J connectivity index is 0.000000171. The Morgan fingerprint density at radius 2 is 1.30 bits per heavy atom. The fourth-order valence-electron chi connectivity index (χ4n) is 3.79. The minimum Gasteiger partial charge on any atom is -0.248 e. The van der Waals surface area contributed by atoms with Gasteiger partial charge in [0.05, 0.1) is 13.1 Å². The van der Waals surface area contributed by atoms with E-state index in [1.54, 1.807) is 17.1 Å². The van der Waals surface area contributed by atoms with Gasteiger partial charge in [0.2, 0.25) is 0 Å². The molecule has 4 heterocycles. The van der Waals surface area contributed by atoms with Crippen LogP contribution in [0.1, 0.15) is 36.3 Å². The lowest BCUT2D eigenvalue weighted by molar-refractivity contribution is 0.146. The van der Waals surface area contributed by atoms with Crippen molar-refractivity contribution in [2.75, 3.05) is 0 Å². The number of fused-ring (bicyclic) bond motifs is 2. The van der Waals surface area contributed by atoms with Crippen molar-refractivity contribution < 1.29 is 17.6 Å². The standard InChI is InChI=1S/C16H12F2N4.C15H10F2N4/c17-16(18)15-10-5-7-12(19-15)6-3-4-11-22-20-13-8-1-2-9-14(13)21-22;16-11-9-13(17)15-14(10-11)19-21(20-15)8-4-2-6-12-5-1-3-7-18-12/h1-2,5,7-10,16H,4,11H2;1,3,5,7,9-10H,4,8H2. The number of alkyl halides is 2. The van der Waals surface area contributed by atoms with E-state index in [1.807, 2.05) is 42.5 Å². The summed E-state index contributed by atoms with van der Waals surface area (Å²) in [6, 6.07) is 19.5. The predicted octanol–water partition coefficient (Wildman–Crippen LogP) is 5.75. The van der Waals surface area contributed by atoms with E-state index < -0.39 is 18.1 Å². The van der Waals surface area contributed by atoms with Gasteiger partial charge in [-0.2, -0.15) is 30.0 Å². The number of pyridine rings is 2. The van der Waals surface area contributed by atoms with Gasteiger partial charge in [0.1, 0.15) is 45.0 Å². The highest BCUT2D eigenvalue weighted by Gasteiger charge is 2.10. The SMILES string of the molecule is FC(F)c1cccc(C#CCCn2nc3ccccc3n2)n1.Fc1cc(F)c2nn(CCC#Cc3ccccn3)nc2c1. The van der Waals surface area contributed by atoms with Crippen molar-refractivity contribution in [3.8, 4) is 23.7 Å². The molecule has 0 amide bonds. The average Bonchev–Trinajstić information content (AvgIpc) is 3.62. The van der Waals surface area contributed by atoms with Gasteiger partial charge in [-0.3, -0.25) is 0 Å². The molecule has 0 atom stereocenters. The lowest BCUT2D eigenvalue weighted by atomic mass is 10.3. The molecule has 0 radical (unpaired) electrons. The second kappa shape index (κ2) is 13.8. The van der Waals surface area contributed by atoms with Crippen molar-refractivity contribution in [2.45, 2.75) is 32.4 Å². The average molecular weight is 583 g/mol. The molecule has 214 valence electrons. The lowest BCUT2D eigenvalue weighted by Gasteiger charge is -1.97. The summed E-state index contributed by atoms with van der Waals surface area (Å²) in [5, 5.41) is 16.6. The molecule has 43 heavy (non-hydrogen) atoms. The summed E-state index contributed by atoms with van der Waals surface area (Å²) in [7, 11) is 0. The van der Waals surface area contributed by atoms with Gasteiger partial charge < -0.3 is 0 Å². The largest absolute Gasteiger partial charge is 0.280 e. The van der Waals surface area contributed by atoms with Crippen molar-refractivity contribution in [3.05, 3.63) is 108 Å². The monoisotopic (exact) mass is 582 g/mol. The van der Waals surface area contributed by atoms with Crippen LogP contribution in [0.25, 0.3) is 22.1 Å². The molecule has 0 saturated carbocycles. The van der Waals surface area contributed by atoms with E-state index in [9.17, 15) is 17.6 Å². The Kier molecular flexibility index (Phi) is 9.29. The summed E-state index contributed by atoms with van der Waals surface area (Å²) < 4.78 is 51.6. The molecular formula is C31H22F4N8. The minimum atomic E-state index is -2.58. The molecule has 0 unspecified atom stereocenters. The lowest BCUT2D eigenvalue weighted by Crippen LogP contribution is -2.01. The maximum atomic E-state index is 13.5. The number of hydrogen-bond donors (Lipinski definition) is 0. The Morgan fingerprint density at radius 3 is 1.98 bits per heavy atom. The molecule has 4 aromatic heterocycles. The van der Waals surface area contributed by atoms with Crippen molar-refractivity contribution in [1.82, 2.24) is 40.0 Å². The second-order valence-electron chi connectivity index (χ2n) is 8.90. The quantitative estimate of drug-likeness (QED) is 0.190. The molecule has 0 aliphatic rings. The Labute approximate surface area is 243 Å². The summed E-state index contributed by atoms with van der Waals surface area (Å²) in [4.78, 5) is 10.8. The fraction of sp³-hybridized carbons (Fsp3) is 0.161. The van der Waals surface area contributed by atoms with Crippen molar-refractivity contribution in [1.29, 1.82) is 0 Å². The number of halogens is 4. The van der Waals surface area contributed by atoms with Crippen molar-refractivity contribution in [2.24, 2.45) is 0 Å². The molecule has 2 aromatic carbocycles. The van der Waals surface area contributed by atoms with Crippen LogP contribution in [0.5, 0.6) is 0 Å². The van der Waals surface area contributed by atoms with E-state index in [0.29, 0.717) is 37.3 Å². The van der Waals surface area contributed by atoms with Crippen LogP contribution in [-0.4, -0.2) is 40.0 Å². The smallest absolute Gasteiger partial charge is 0.248 e. The van der Waals surface area contributed by atoms with E-state index in [4.69, 9.17) is 0 Å². The molecule has 6 rings (SSSR count). The Bertz CT molecular complexity index is 1930. The van der Waals surface area contributed by atoms with Gasteiger partial charge in [-0.25, -0.2) is 27.5 Å². The maximum absolute atomic E-state index is 13.5. The maximum Gasteiger partial charge on any atom is 0.280 e. The van der Waals surface area contributed by atoms with Crippen LogP contribution in [0.4, 0.5) is 17.6 Å². The molecule has 0 N–H and O–H groups in total. The molecule has 12 heteroatoms. The first-order chi connectivity index (χ1) is 20.9.